The van der Waals surface area contributed by atoms with Crippen molar-refractivity contribution in [2.24, 2.45) is 0 Å². The summed E-state index contributed by atoms with van der Waals surface area (Å²) in [5, 5.41) is 2.80. The fourth-order valence-corrected chi connectivity index (χ4v) is 4.46. The van der Waals surface area contributed by atoms with Crippen LogP contribution in [-0.4, -0.2) is 46.4 Å². The standard InChI is InChI=1S/C23H32N2O5S/c1-6-21(23(26)24-15-16-30-22-10-8-9-17(3)18(22)4)25(31(5,27)28)19-11-13-20(14-12-19)29-7-2/h8-14,21H,6-7,15-16H2,1-5H3,(H,24,26)/t21-/m1/s1. The van der Waals surface area contributed by atoms with E-state index in [0.29, 0.717) is 24.5 Å². The molecule has 0 radical (unpaired) electrons. The summed E-state index contributed by atoms with van der Waals surface area (Å²) < 4.78 is 37.4. The Morgan fingerprint density at radius 3 is 2.32 bits per heavy atom. The summed E-state index contributed by atoms with van der Waals surface area (Å²) in [6, 6.07) is 11.6. The number of benzene rings is 2. The minimum Gasteiger partial charge on any atom is -0.494 e. The van der Waals surface area contributed by atoms with Gasteiger partial charge < -0.3 is 14.8 Å². The van der Waals surface area contributed by atoms with Crippen molar-refractivity contribution < 1.29 is 22.7 Å². The number of aryl methyl sites for hydroxylation is 1. The Hall–Kier alpha value is -2.74. The van der Waals surface area contributed by atoms with Crippen molar-refractivity contribution in [1.82, 2.24) is 5.32 Å². The number of hydrogen-bond acceptors (Lipinski definition) is 5. The third-order valence-electron chi connectivity index (χ3n) is 4.95. The van der Waals surface area contributed by atoms with Gasteiger partial charge in [-0.3, -0.25) is 9.10 Å². The molecule has 0 fully saturated rings. The molecule has 2 rings (SSSR count). The summed E-state index contributed by atoms with van der Waals surface area (Å²) in [6.45, 7) is 8.71. The fourth-order valence-electron chi connectivity index (χ4n) is 3.25. The number of carbonyl (C=O) groups excluding carboxylic acids is 1. The van der Waals surface area contributed by atoms with E-state index in [1.807, 2.05) is 39.0 Å². The summed E-state index contributed by atoms with van der Waals surface area (Å²) in [6.07, 6.45) is 1.42. The first-order chi connectivity index (χ1) is 14.7. The first-order valence-electron chi connectivity index (χ1n) is 10.4. The van der Waals surface area contributed by atoms with Gasteiger partial charge >= 0.3 is 0 Å². The minimum absolute atomic E-state index is 0.267. The summed E-state index contributed by atoms with van der Waals surface area (Å²) in [4.78, 5) is 12.8. The van der Waals surface area contributed by atoms with Gasteiger partial charge in [0, 0.05) is 0 Å². The average Bonchev–Trinajstić information content (AvgIpc) is 2.72. The monoisotopic (exact) mass is 448 g/mol. The van der Waals surface area contributed by atoms with E-state index in [1.54, 1.807) is 31.2 Å². The molecule has 0 spiro atoms. The van der Waals surface area contributed by atoms with Gasteiger partial charge in [0.1, 0.15) is 24.1 Å². The number of hydrogen-bond donors (Lipinski definition) is 1. The Morgan fingerprint density at radius 2 is 1.74 bits per heavy atom. The van der Waals surface area contributed by atoms with Gasteiger partial charge in [0.05, 0.1) is 25.1 Å². The Balaban J connectivity index is 2.07. The smallest absolute Gasteiger partial charge is 0.244 e. The van der Waals surface area contributed by atoms with Crippen LogP contribution in [0.3, 0.4) is 0 Å². The van der Waals surface area contributed by atoms with Crippen LogP contribution in [0.2, 0.25) is 0 Å². The molecule has 0 aliphatic heterocycles. The number of carbonyl (C=O) groups is 1. The first kappa shape index (κ1) is 24.5. The topological polar surface area (TPSA) is 84.9 Å². The maximum atomic E-state index is 12.8. The second-order valence-electron chi connectivity index (χ2n) is 7.25. The molecule has 2 aromatic carbocycles. The highest BCUT2D eigenvalue weighted by atomic mass is 32.2. The number of nitrogens with zero attached hydrogens (tertiary/aromatic N) is 1. The number of amides is 1. The molecule has 0 aliphatic rings. The zero-order chi connectivity index (χ0) is 23.0. The van der Waals surface area contributed by atoms with Crippen LogP contribution in [0.1, 0.15) is 31.4 Å². The van der Waals surface area contributed by atoms with E-state index in [-0.39, 0.29) is 19.1 Å². The third-order valence-corrected chi connectivity index (χ3v) is 6.13. The Kier molecular flexibility index (Phi) is 8.74. The zero-order valence-corrected chi connectivity index (χ0v) is 19.7. The van der Waals surface area contributed by atoms with Crippen LogP contribution in [0.4, 0.5) is 5.69 Å². The quantitative estimate of drug-likeness (QED) is 0.532. The molecule has 0 heterocycles. The highest BCUT2D eigenvalue weighted by Crippen LogP contribution is 2.25. The van der Waals surface area contributed by atoms with E-state index in [9.17, 15) is 13.2 Å². The highest BCUT2D eigenvalue weighted by Gasteiger charge is 2.31. The lowest BCUT2D eigenvalue weighted by molar-refractivity contribution is -0.122. The van der Waals surface area contributed by atoms with E-state index in [1.165, 1.54) is 0 Å². The molecule has 1 N–H and O–H groups in total. The van der Waals surface area contributed by atoms with Crippen molar-refractivity contribution in [3.05, 3.63) is 53.6 Å². The van der Waals surface area contributed by atoms with Gasteiger partial charge in [0.2, 0.25) is 15.9 Å². The van der Waals surface area contributed by atoms with E-state index in [0.717, 1.165) is 27.4 Å². The number of sulfonamides is 1. The van der Waals surface area contributed by atoms with Crippen LogP contribution < -0.4 is 19.1 Å². The molecule has 1 atom stereocenters. The molecule has 0 aromatic heterocycles. The third kappa shape index (κ3) is 6.62. The lowest BCUT2D eigenvalue weighted by Crippen LogP contribution is -2.50. The van der Waals surface area contributed by atoms with Crippen LogP contribution >= 0.6 is 0 Å². The summed E-state index contributed by atoms with van der Waals surface area (Å²) in [5.41, 5.74) is 2.60. The van der Waals surface area contributed by atoms with E-state index in [2.05, 4.69) is 5.32 Å². The molecule has 31 heavy (non-hydrogen) atoms. The number of anilines is 1. The second-order valence-corrected chi connectivity index (χ2v) is 9.11. The molecule has 1 amide bonds. The second kappa shape index (κ2) is 11.0. The van der Waals surface area contributed by atoms with Crippen LogP contribution in [-0.2, 0) is 14.8 Å². The van der Waals surface area contributed by atoms with Crippen molar-refractivity contribution in [3.8, 4) is 11.5 Å². The molecule has 0 unspecified atom stereocenters. The van der Waals surface area contributed by atoms with Crippen LogP contribution in [0.15, 0.2) is 42.5 Å². The molecular formula is C23H32N2O5S. The Morgan fingerprint density at radius 1 is 1.06 bits per heavy atom. The molecular weight excluding hydrogens is 416 g/mol. The molecule has 0 saturated heterocycles. The van der Waals surface area contributed by atoms with Crippen LogP contribution in [0.25, 0.3) is 0 Å². The number of ether oxygens (including phenoxy) is 2. The van der Waals surface area contributed by atoms with Crippen molar-refractivity contribution in [2.75, 3.05) is 30.3 Å². The van der Waals surface area contributed by atoms with Gasteiger partial charge in [-0.1, -0.05) is 19.1 Å². The number of nitrogens with one attached hydrogen (secondary N) is 1. The van der Waals surface area contributed by atoms with Gasteiger partial charge in [0.25, 0.3) is 0 Å². The largest absolute Gasteiger partial charge is 0.494 e. The van der Waals surface area contributed by atoms with Crippen LogP contribution in [0.5, 0.6) is 11.5 Å². The van der Waals surface area contributed by atoms with Gasteiger partial charge in [-0.15, -0.1) is 0 Å². The summed E-state index contributed by atoms with van der Waals surface area (Å²) in [7, 11) is -3.68. The average molecular weight is 449 g/mol. The van der Waals surface area contributed by atoms with Gasteiger partial charge in [-0.2, -0.15) is 0 Å². The predicted molar refractivity (Wildman–Crippen MR) is 123 cm³/mol. The highest BCUT2D eigenvalue weighted by molar-refractivity contribution is 7.92. The maximum Gasteiger partial charge on any atom is 0.244 e. The van der Waals surface area contributed by atoms with Gasteiger partial charge in [0.15, 0.2) is 0 Å². The van der Waals surface area contributed by atoms with Gasteiger partial charge in [-0.05, 0) is 68.7 Å². The zero-order valence-electron chi connectivity index (χ0n) is 18.8. The van der Waals surface area contributed by atoms with E-state index < -0.39 is 16.1 Å². The molecule has 2 aromatic rings. The van der Waals surface area contributed by atoms with Crippen LogP contribution in [0, 0.1) is 13.8 Å². The van der Waals surface area contributed by atoms with Crippen molar-refractivity contribution in [3.63, 3.8) is 0 Å². The van der Waals surface area contributed by atoms with Gasteiger partial charge in [-0.25, -0.2) is 8.42 Å². The molecule has 0 aliphatic carbocycles. The lowest BCUT2D eigenvalue weighted by atomic mass is 10.1. The van der Waals surface area contributed by atoms with E-state index >= 15 is 0 Å². The van der Waals surface area contributed by atoms with E-state index in [4.69, 9.17) is 9.47 Å². The molecule has 8 heteroatoms. The minimum atomic E-state index is -3.68. The number of rotatable bonds is 11. The fraction of sp³-hybridized carbons (Fsp3) is 0.435. The molecule has 0 bridgehead atoms. The van der Waals surface area contributed by atoms with Crippen molar-refractivity contribution in [2.45, 2.75) is 40.2 Å². The lowest BCUT2D eigenvalue weighted by Gasteiger charge is -2.30. The molecule has 7 nitrogen and oxygen atoms in total. The summed E-state index contributed by atoms with van der Waals surface area (Å²) in [5.74, 6) is 1.04. The Labute approximate surface area is 185 Å². The SMILES string of the molecule is CCOc1ccc(N([C@H](CC)C(=O)NCCOc2cccc(C)c2C)S(C)(=O)=O)cc1. The van der Waals surface area contributed by atoms with Crippen molar-refractivity contribution >= 4 is 21.6 Å². The molecule has 170 valence electrons. The summed E-state index contributed by atoms with van der Waals surface area (Å²) >= 11 is 0. The predicted octanol–water partition coefficient (Wildman–Crippen LogP) is 3.44. The molecule has 0 saturated carbocycles. The first-order valence-corrected chi connectivity index (χ1v) is 12.2. The Bertz CT molecular complexity index is 974. The normalized spacial score (nSPS) is 12.2. The maximum absolute atomic E-state index is 12.8. The van der Waals surface area contributed by atoms with Crippen molar-refractivity contribution in [1.29, 1.82) is 0 Å².